The van der Waals surface area contributed by atoms with E-state index in [4.69, 9.17) is 11.6 Å². The first-order valence-electron chi connectivity index (χ1n) is 7.32. The number of halogens is 1. The molecule has 2 aromatic heterocycles. The average Bonchev–Trinajstić information content (AvgIpc) is 2.53. The predicted octanol–water partition coefficient (Wildman–Crippen LogP) is 1.67. The number of aliphatic hydroxyl groups is 1. The molecule has 0 spiro atoms. The van der Waals surface area contributed by atoms with Gasteiger partial charge in [-0.3, -0.25) is 14.6 Å². The van der Waals surface area contributed by atoms with Crippen molar-refractivity contribution in [1.82, 2.24) is 15.3 Å². The molecule has 3 N–H and O–H groups in total. The fourth-order valence-electron chi connectivity index (χ4n) is 2.74. The summed E-state index contributed by atoms with van der Waals surface area (Å²) in [4.78, 5) is 31.0. The fourth-order valence-corrected chi connectivity index (χ4v) is 2.90. The second-order valence-electron chi connectivity index (χ2n) is 5.65. The molecule has 0 saturated heterocycles. The van der Waals surface area contributed by atoms with E-state index in [2.05, 4.69) is 15.3 Å². The summed E-state index contributed by atoms with van der Waals surface area (Å²) in [6.45, 7) is 0. The minimum absolute atomic E-state index is 0.0432. The summed E-state index contributed by atoms with van der Waals surface area (Å²) < 4.78 is 0. The molecule has 1 aliphatic carbocycles. The zero-order valence-corrected chi connectivity index (χ0v) is 13.0. The van der Waals surface area contributed by atoms with Crippen molar-refractivity contribution >= 4 is 17.5 Å². The van der Waals surface area contributed by atoms with Crippen LogP contribution in [0.25, 0.3) is 0 Å². The largest absolute Gasteiger partial charge is 0.393 e. The Labute approximate surface area is 137 Å². The number of nitrogens with one attached hydrogen (secondary N) is 2. The van der Waals surface area contributed by atoms with Crippen molar-refractivity contribution < 1.29 is 9.90 Å². The van der Waals surface area contributed by atoms with Gasteiger partial charge in [0, 0.05) is 12.4 Å². The molecular weight excluding hydrogens is 318 g/mol. The summed E-state index contributed by atoms with van der Waals surface area (Å²) in [5, 5.41) is 12.7. The van der Waals surface area contributed by atoms with Gasteiger partial charge in [0.1, 0.15) is 5.56 Å². The second-order valence-corrected chi connectivity index (χ2v) is 6.09. The third-order valence-electron chi connectivity index (χ3n) is 4.03. The Balaban J connectivity index is 1.85. The minimum Gasteiger partial charge on any atom is -0.393 e. The van der Waals surface area contributed by atoms with Crippen molar-refractivity contribution in [3.8, 4) is 0 Å². The highest BCUT2D eigenvalue weighted by Crippen LogP contribution is 2.37. The molecule has 1 aliphatic rings. The summed E-state index contributed by atoms with van der Waals surface area (Å²) in [7, 11) is 0. The SMILES string of the molecule is O=C(N[C@H](c1ccccn1)C1CC(O)C1)c1cc(Cl)c[nH]c1=O. The van der Waals surface area contributed by atoms with Crippen molar-refractivity contribution in [2.24, 2.45) is 5.92 Å². The van der Waals surface area contributed by atoms with E-state index in [1.807, 2.05) is 12.1 Å². The molecular formula is C16H16ClN3O3. The Bertz CT molecular complexity index is 757. The van der Waals surface area contributed by atoms with Gasteiger partial charge in [0.15, 0.2) is 0 Å². The summed E-state index contributed by atoms with van der Waals surface area (Å²) in [5.74, 6) is -0.423. The van der Waals surface area contributed by atoms with Crippen LogP contribution >= 0.6 is 11.6 Å². The first-order chi connectivity index (χ1) is 11.0. The molecule has 1 saturated carbocycles. The number of H-pyrrole nitrogens is 1. The van der Waals surface area contributed by atoms with E-state index < -0.39 is 11.5 Å². The Morgan fingerprint density at radius 1 is 1.43 bits per heavy atom. The van der Waals surface area contributed by atoms with Gasteiger partial charge in [0.2, 0.25) is 0 Å². The molecule has 23 heavy (non-hydrogen) atoms. The normalized spacial score (nSPS) is 21.3. The van der Waals surface area contributed by atoms with Crippen molar-refractivity contribution in [2.45, 2.75) is 25.0 Å². The maximum atomic E-state index is 12.4. The topological polar surface area (TPSA) is 95.1 Å². The van der Waals surface area contributed by atoms with E-state index in [1.165, 1.54) is 12.3 Å². The number of rotatable bonds is 4. The van der Waals surface area contributed by atoms with Crippen molar-refractivity contribution in [2.75, 3.05) is 0 Å². The molecule has 0 unspecified atom stereocenters. The highest BCUT2D eigenvalue weighted by Gasteiger charge is 2.36. The quantitative estimate of drug-likeness (QED) is 0.793. The number of carbonyl (C=O) groups is 1. The monoisotopic (exact) mass is 333 g/mol. The molecule has 1 amide bonds. The molecule has 2 aromatic rings. The lowest BCUT2D eigenvalue weighted by molar-refractivity contribution is 0.0228. The summed E-state index contributed by atoms with van der Waals surface area (Å²) in [6, 6.07) is 6.42. The number of aromatic nitrogens is 2. The molecule has 1 atom stereocenters. The fraction of sp³-hybridized carbons (Fsp3) is 0.312. The number of carbonyl (C=O) groups excluding carboxylic acids is 1. The third-order valence-corrected chi connectivity index (χ3v) is 4.24. The molecule has 120 valence electrons. The molecule has 3 rings (SSSR count). The maximum absolute atomic E-state index is 12.4. The zero-order chi connectivity index (χ0) is 16.4. The van der Waals surface area contributed by atoms with Crippen LogP contribution in [0.5, 0.6) is 0 Å². The van der Waals surface area contributed by atoms with Crippen molar-refractivity contribution in [3.63, 3.8) is 0 Å². The molecule has 6 nitrogen and oxygen atoms in total. The van der Waals surface area contributed by atoms with E-state index in [0.29, 0.717) is 18.5 Å². The van der Waals surface area contributed by atoms with Gasteiger partial charge < -0.3 is 15.4 Å². The molecule has 7 heteroatoms. The Kier molecular flexibility index (Phi) is 4.45. The number of pyridine rings is 2. The van der Waals surface area contributed by atoms with Crippen LogP contribution in [-0.4, -0.2) is 27.1 Å². The van der Waals surface area contributed by atoms with Crippen molar-refractivity contribution in [1.29, 1.82) is 0 Å². The van der Waals surface area contributed by atoms with Crippen LogP contribution in [0.15, 0.2) is 41.5 Å². The molecule has 1 fully saturated rings. The first-order valence-corrected chi connectivity index (χ1v) is 7.70. The standard InChI is InChI=1S/C16H16ClN3O3/c17-10-7-12(15(22)19-8-10)16(23)20-14(9-5-11(21)6-9)13-3-1-2-4-18-13/h1-4,7-9,11,14,21H,5-6H2,(H,19,22)(H,20,23)/t9?,11?,14-/m0/s1. The van der Waals surface area contributed by atoms with Gasteiger partial charge in [-0.15, -0.1) is 0 Å². The molecule has 0 aliphatic heterocycles. The van der Waals surface area contributed by atoms with Gasteiger partial charge in [-0.05, 0) is 37.0 Å². The van der Waals surface area contributed by atoms with Gasteiger partial charge in [-0.2, -0.15) is 0 Å². The van der Waals surface area contributed by atoms with Crippen LogP contribution in [0.2, 0.25) is 5.02 Å². The van der Waals surface area contributed by atoms with Crippen LogP contribution in [0.1, 0.15) is 34.9 Å². The lowest BCUT2D eigenvalue weighted by Crippen LogP contribution is -2.42. The number of hydrogen-bond donors (Lipinski definition) is 3. The van der Waals surface area contributed by atoms with Crippen LogP contribution in [0.3, 0.4) is 0 Å². The van der Waals surface area contributed by atoms with Gasteiger partial charge in [-0.1, -0.05) is 17.7 Å². The molecule has 0 aromatic carbocycles. The van der Waals surface area contributed by atoms with Gasteiger partial charge >= 0.3 is 0 Å². The summed E-state index contributed by atoms with van der Waals surface area (Å²) in [5.41, 5.74) is 0.162. The van der Waals surface area contributed by atoms with Crippen LogP contribution in [0, 0.1) is 5.92 Å². The maximum Gasteiger partial charge on any atom is 0.260 e. The second kappa shape index (κ2) is 6.52. The third kappa shape index (κ3) is 3.43. The van der Waals surface area contributed by atoms with E-state index >= 15 is 0 Å². The average molecular weight is 334 g/mol. The van der Waals surface area contributed by atoms with Crippen LogP contribution in [-0.2, 0) is 0 Å². The summed E-state index contributed by atoms with van der Waals surface area (Å²) in [6.07, 6.45) is 3.81. The lowest BCUT2D eigenvalue weighted by atomic mass is 9.76. The van der Waals surface area contributed by atoms with Gasteiger partial charge in [0.05, 0.1) is 22.9 Å². The number of aromatic amines is 1. The van der Waals surface area contributed by atoms with E-state index in [9.17, 15) is 14.7 Å². The minimum atomic E-state index is -0.509. The zero-order valence-electron chi connectivity index (χ0n) is 12.2. The molecule has 0 radical (unpaired) electrons. The molecule has 2 heterocycles. The van der Waals surface area contributed by atoms with Crippen LogP contribution < -0.4 is 10.9 Å². The van der Waals surface area contributed by atoms with E-state index in [-0.39, 0.29) is 28.6 Å². The Morgan fingerprint density at radius 3 is 2.87 bits per heavy atom. The van der Waals surface area contributed by atoms with E-state index in [0.717, 1.165) is 0 Å². The highest BCUT2D eigenvalue weighted by molar-refractivity contribution is 6.30. The van der Waals surface area contributed by atoms with E-state index in [1.54, 1.807) is 12.3 Å². The Morgan fingerprint density at radius 2 is 2.22 bits per heavy atom. The number of nitrogens with zero attached hydrogens (tertiary/aromatic N) is 1. The lowest BCUT2D eigenvalue weighted by Gasteiger charge is -2.37. The smallest absolute Gasteiger partial charge is 0.260 e. The summed E-state index contributed by atoms with van der Waals surface area (Å²) >= 11 is 5.84. The molecule has 0 bridgehead atoms. The van der Waals surface area contributed by atoms with Crippen molar-refractivity contribution in [3.05, 3.63) is 63.3 Å². The predicted molar refractivity (Wildman–Crippen MR) is 85.2 cm³/mol. The highest BCUT2D eigenvalue weighted by atomic mass is 35.5. The number of aliphatic hydroxyl groups excluding tert-OH is 1. The van der Waals surface area contributed by atoms with Gasteiger partial charge in [0.25, 0.3) is 11.5 Å². The van der Waals surface area contributed by atoms with Crippen LogP contribution in [0.4, 0.5) is 0 Å². The Hall–Kier alpha value is -2.18. The number of hydrogen-bond acceptors (Lipinski definition) is 4. The van der Waals surface area contributed by atoms with Gasteiger partial charge in [-0.25, -0.2) is 0 Å². The number of amides is 1. The first kappa shape index (κ1) is 15.7.